The Morgan fingerprint density at radius 1 is 1.47 bits per heavy atom. The third-order valence-electron chi connectivity index (χ3n) is 2.70. The Bertz CT molecular complexity index is 407. The molecule has 0 aliphatic carbocycles. The molecule has 1 aromatic rings. The Kier molecular flexibility index (Phi) is 4.57. The zero-order valence-electron chi connectivity index (χ0n) is 10.0. The van der Waals surface area contributed by atoms with Crippen LogP contribution in [0.5, 0.6) is 0 Å². The molecule has 0 amide bonds. The molecule has 1 aromatic carbocycles. The Morgan fingerprint density at radius 3 is 2.65 bits per heavy atom. The maximum absolute atomic E-state index is 13.4. The standard InChI is InChI=1S/C12H17F2N3/c1-8(5-12(15)16)17(2)7-9-3-4-10(13)6-11(9)14/h3-4,6,8H,5,7H2,1-2H3,(H3,15,16). The van der Waals surface area contributed by atoms with Crippen LogP contribution in [-0.4, -0.2) is 23.8 Å². The first-order valence-corrected chi connectivity index (χ1v) is 5.37. The van der Waals surface area contributed by atoms with Crippen molar-refractivity contribution >= 4 is 5.84 Å². The van der Waals surface area contributed by atoms with Gasteiger partial charge in [0.2, 0.25) is 0 Å². The normalized spacial score (nSPS) is 12.8. The van der Waals surface area contributed by atoms with Crippen molar-refractivity contribution in [2.45, 2.75) is 25.9 Å². The summed E-state index contributed by atoms with van der Waals surface area (Å²) < 4.78 is 26.1. The van der Waals surface area contributed by atoms with E-state index in [2.05, 4.69) is 0 Å². The smallest absolute Gasteiger partial charge is 0.130 e. The maximum atomic E-state index is 13.4. The third kappa shape index (κ3) is 4.11. The highest BCUT2D eigenvalue weighted by molar-refractivity contribution is 5.77. The fourth-order valence-electron chi connectivity index (χ4n) is 1.55. The van der Waals surface area contributed by atoms with E-state index in [1.54, 1.807) is 0 Å². The Balaban J connectivity index is 2.67. The first kappa shape index (κ1) is 13.6. The van der Waals surface area contributed by atoms with Crippen LogP contribution >= 0.6 is 0 Å². The van der Waals surface area contributed by atoms with Gasteiger partial charge in [-0.15, -0.1) is 0 Å². The van der Waals surface area contributed by atoms with Gasteiger partial charge < -0.3 is 5.73 Å². The SMILES string of the molecule is CC(CC(=N)N)N(C)Cc1ccc(F)cc1F. The Labute approximate surface area is 99.7 Å². The van der Waals surface area contributed by atoms with Crippen LogP contribution in [-0.2, 0) is 6.54 Å². The van der Waals surface area contributed by atoms with E-state index in [0.29, 0.717) is 18.5 Å². The molecule has 0 bridgehead atoms. The van der Waals surface area contributed by atoms with Crippen LogP contribution in [0.2, 0.25) is 0 Å². The minimum Gasteiger partial charge on any atom is -0.388 e. The number of nitrogens with zero attached hydrogens (tertiary/aromatic N) is 1. The van der Waals surface area contributed by atoms with Gasteiger partial charge in [-0.25, -0.2) is 8.78 Å². The van der Waals surface area contributed by atoms with Gasteiger partial charge in [0.15, 0.2) is 0 Å². The van der Waals surface area contributed by atoms with Crippen molar-refractivity contribution in [3.8, 4) is 0 Å². The summed E-state index contributed by atoms with van der Waals surface area (Å²) in [6, 6.07) is 3.58. The highest BCUT2D eigenvalue weighted by Gasteiger charge is 2.13. The number of halogens is 2. The number of benzene rings is 1. The molecule has 1 unspecified atom stereocenters. The largest absolute Gasteiger partial charge is 0.388 e. The van der Waals surface area contributed by atoms with E-state index in [9.17, 15) is 8.78 Å². The molecule has 94 valence electrons. The average Bonchev–Trinajstić information content (AvgIpc) is 2.21. The van der Waals surface area contributed by atoms with E-state index >= 15 is 0 Å². The summed E-state index contributed by atoms with van der Waals surface area (Å²) in [5.74, 6) is -1.03. The Hall–Kier alpha value is -1.49. The zero-order chi connectivity index (χ0) is 13.0. The van der Waals surface area contributed by atoms with Crippen molar-refractivity contribution in [3.05, 3.63) is 35.4 Å². The van der Waals surface area contributed by atoms with Gasteiger partial charge in [-0.2, -0.15) is 0 Å². The first-order valence-electron chi connectivity index (χ1n) is 5.37. The van der Waals surface area contributed by atoms with Gasteiger partial charge in [-0.05, 0) is 20.0 Å². The predicted molar refractivity (Wildman–Crippen MR) is 63.8 cm³/mol. The van der Waals surface area contributed by atoms with Gasteiger partial charge in [-0.1, -0.05) is 6.07 Å². The number of amidine groups is 1. The molecule has 0 saturated carbocycles. The number of rotatable bonds is 5. The minimum absolute atomic E-state index is 0.0388. The molecule has 0 fully saturated rings. The molecule has 0 aromatic heterocycles. The van der Waals surface area contributed by atoms with E-state index < -0.39 is 11.6 Å². The maximum Gasteiger partial charge on any atom is 0.130 e. The van der Waals surface area contributed by atoms with Gasteiger partial charge >= 0.3 is 0 Å². The molecule has 1 atom stereocenters. The lowest BCUT2D eigenvalue weighted by molar-refractivity contribution is 0.251. The van der Waals surface area contributed by atoms with E-state index in [1.807, 2.05) is 18.9 Å². The van der Waals surface area contributed by atoms with Crippen molar-refractivity contribution in [1.82, 2.24) is 4.90 Å². The van der Waals surface area contributed by atoms with Crippen molar-refractivity contribution in [3.63, 3.8) is 0 Å². The average molecular weight is 241 g/mol. The summed E-state index contributed by atoms with van der Waals surface area (Å²) >= 11 is 0. The van der Waals surface area contributed by atoms with Crippen LogP contribution in [0.15, 0.2) is 18.2 Å². The highest BCUT2D eigenvalue weighted by Crippen LogP contribution is 2.13. The molecular formula is C12H17F2N3. The van der Waals surface area contributed by atoms with Crippen molar-refractivity contribution in [2.75, 3.05) is 7.05 Å². The van der Waals surface area contributed by atoms with Crippen LogP contribution in [0.1, 0.15) is 18.9 Å². The second kappa shape index (κ2) is 5.72. The molecule has 0 aliphatic heterocycles. The van der Waals surface area contributed by atoms with Crippen LogP contribution in [0, 0.1) is 17.0 Å². The quantitative estimate of drug-likeness (QED) is 0.612. The Morgan fingerprint density at radius 2 is 2.12 bits per heavy atom. The van der Waals surface area contributed by atoms with Crippen LogP contribution < -0.4 is 5.73 Å². The summed E-state index contributed by atoms with van der Waals surface area (Å²) in [6.07, 6.45) is 0.430. The molecule has 0 saturated heterocycles. The van der Waals surface area contributed by atoms with Gasteiger partial charge in [0.25, 0.3) is 0 Å². The number of nitrogens with two attached hydrogens (primary N) is 1. The van der Waals surface area contributed by atoms with Gasteiger partial charge in [0.05, 0.1) is 5.84 Å². The second-order valence-corrected chi connectivity index (χ2v) is 4.23. The van der Waals surface area contributed by atoms with Gasteiger partial charge in [0.1, 0.15) is 11.6 Å². The molecule has 3 N–H and O–H groups in total. The number of hydrogen-bond donors (Lipinski definition) is 2. The molecular weight excluding hydrogens is 224 g/mol. The molecule has 17 heavy (non-hydrogen) atoms. The van der Waals surface area contributed by atoms with Crippen LogP contribution in [0.4, 0.5) is 8.78 Å². The highest BCUT2D eigenvalue weighted by atomic mass is 19.1. The zero-order valence-corrected chi connectivity index (χ0v) is 10.0. The fraction of sp³-hybridized carbons (Fsp3) is 0.417. The van der Waals surface area contributed by atoms with E-state index in [0.717, 1.165) is 6.07 Å². The van der Waals surface area contributed by atoms with E-state index in [-0.39, 0.29) is 11.9 Å². The summed E-state index contributed by atoms with van der Waals surface area (Å²) in [4.78, 5) is 1.87. The summed E-state index contributed by atoms with van der Waals surface area (Å²) in [7, 11) is 1.82. The summed E-state index contributed by atoms with van der Waals surface area (Å²) in [5.41, 5.74) is 5.74. The van der Waals surface area contributed by atoms with Crippen molar-refractivity contribution < 1.29 is 8.78 Å². The lowest BCUT2D eigenvalue weighted by Crippen LogP contribution is -2.32. The third-order valence-corrected chi connectivity index (χ3v) is 2.70. The second-order valence-electron chi connectivity index (χ2n) is 4.23. The van der Waals surface area contributed by atoms with E-state index in [1.165, 1.54) is 12.1 Å². The lowest BCUT2D eigenvalue weighted by atomic mass is 10.1. The van der Waals surface area contributed by atoms with Crippen molar-refractivity contribution in [2.24, 2.45) is 5.73 Å². The topological polar surface area (TPSA) is 53.1 Å². The predicted octanol–water partition coefficient (Wildman–Crippen LogP) is 2.11. The number of nitrogens with one attached hydrogen (secondary N) is 1. The molecule has 1 rings (SSSR count). The van der Waals surface area contributed by atoms with Gasteiger partial charge in [-0.3, -0.25) is 10.3 Å². The molecule has 3 nitrogen and oxygen atoms in total. The monoisotopic (exact) mass is 241 g/mol. The van der Waals surface area contributed by atoms with Crippen molar-refractivity contribution in [1.29, 1.82) is 5.41 Å². The van der Waals surface area contributed by atoms with Crippen LogP contribution in [0.25, 0.3) is 0 Å². The molecule has 0 aliphatic rings. The summed E-state index contributed by atoms with van der Waals surface area (Å²) in [6.45, 7) is 2.27. The van der Waals surface area contributed by atoms with E-state index in [4.69, 9.17) is 11.1 Å². The molecule has 0 heterocycles. The minimum atomic E-state index is -0.578. The molecule has 5 heteroatoms. The number of hydrogen-bond acceptors (Lipinski definition) is 2. The fourth-order valence-corrected chi connectivity index (χ4v) is 1.55. The molecule has 0 spiro atoms. The first-order chi connectivity index (χ1) is 7.90. The van der Waals surface area contributed by atoms with Gasteiger partial charge in [0, 0.05) is 30.6 Å². The van der Waals surface area contributed by atoms with Crippen LogP contribution in [0.3, 0.4) is 0 Å². The molecule has 0 radical (unpaired) electrons. The summed E-state index contributed by atoms with van der Waals surface area (Å²) in [5, 5.41) is 7.20. The lowest BCUT2D eigenvalue weighted by Gasteiger charge is -2.24.